The van der Waals surface area contributed by atoms with Crippen molar-refractivity contribution in [3.63, 3.8) is 0 Å². The highest BCUT2D eigenvalue weighted by Crippen LogP contribution is 2.49. The Balaban J connectivity index is 1.51. The molecule has 0 saturated carbocycles. The van der Waals surface area contributed by atoms with Gasteiger partial charge in [-0.25, -0.2) is 0 Å². The minimum absolute atomic E-state index is 0.583. The topological polar surface area (TPSA) is 0 Å². The molecule has 3 aromatic rings. The standard InChI is InChI=1S/C34H40Si2/c1-6-7-14-26-21-22-28(25-26)35(2,3)36(4,5)34-24-23-32-31(19-13-20-33(32)34)30-18-12-11-17-29(30)27-15-9-8-10-16-27/h8-13,15-25,28,34H,6-7,14H2,1-5H3. The number of hydrogen-bond donors (Lipinski definition) is 0. The first-order valence-corrected chi connectivity index (χ1v) is 20.8. The molecule has 0 N–H and O–H groups in total. The predicted octanol–water partition coefficient (Wildman–Crippen LogP) is 10.2. The Morgan fingerprint density at radius 2 is 1.36 bits per heavy atom. The van der Waals surface area contributed by atoms with E-state index in [1.807, 2.05) is 0 Å². The number of fused-ring (bicyclic) bond motifs is 1. The molecule has 3 aromatic carbocycles. The Kier molecular flexibility index (Phi) is 6.93. The van der Waals surface area contributed by atoms with Gasteiger partial charge in [0.25, 0.3) is 0 Å². The van der Waals surface area contributed by atoms with Crippen LogP contribution < -0.4 is 0 Å². The smallest absolute Gasteiger partial charge is 0.0548 e. The summed E-state index contributed by atoms with van der Waals surface area (Å²) in [5.74, 6) is 0. The first-order valence-electron chi connectivity index (χ1n) is 13.7. The Morgan fingerprint density at radius 1 is 0.667 bits per heavy atom. The molecule has 0 bridgehead atoms. The molecule has 0 nitrogen and oxygen atoms in total. The van der Waals surface area contributed by atoms with Gasteiger partial charge < -0.3 is 0 Å². The van der Waals surface area contributed by atoms with Crippen LogP contribution in [-0.4, -0.2) is 15.2 Å². The molecule has 2 heteroatoms. The van der Waals surface area contributed by atoms with E-state index in [4.69, 9.17) is 0 Å². The second kappa shape index (κ2) is 9.99. The lowest BCUT2D eigenvalue weighted by Crippen LogP contribution is -2.60. The van der Waals surface area contributed by atoms with Crippen molar-refractivity contribution in [3.05, 3.63) is 114 Å². The molecule has 0 radical (unpaired) electrons. The second-order valence-corrected chi connectivity index (χ2v) is 27.6. The highest BCUT2D eigenvalue weighted by molar-refractivity contribution is 7.42. The maximum absolute atomic E-state index is 2.68. The molecule has 36 heavy (non-hydrogen) atoms. The van der Waals surface area contributed by atoms with Gasteiger partial charge in [0.05, 0.1) is 15.2 Å². The molecule has 184 valence electrons. The van der Waals surface area contributed by atoms with E-state index in [9.17, 15) is 0 Å². The SMILES string of the molecule is CCCCC1=CC([Si](C)(C)[Si](C)(C)C2C=Cc3c(-c4ccccc4-c4ccccc4)cccc32)C=C1. The first kappa shape index (κ1) is 25.0. The van der Waals surface area contributed by atoms with Crippen LogP contribution in [0.5, 0.6) is 0 Å². The third-order valence-corrected chi connectivity index (χ3v) is 28.5. The lowest BCUT2D eigenvalue weighted by molar-refractivity contribution is 0.798. The van der Waals surface area contributed by atoms with Gasteiger partial charge in [-0.1, -0.05) is 148 Å². The Morgan fingerprint density at radius 3 is 2.11 bits per heavy atom. The number of allylic oxidation sites excluding steroid dienone is 5. The van der Waals surface area contributed by atoms with Crippen LogP contribution >= 0.6 is 0 Å². The van der Waals surface area contributed by atoms with Crippen LogP contribution in [0, 0.1) is 0 Å². The van der Waals surface area contributed by atoms with Crippen molar-refractivity contribution < 1.29 is 0 Å². The molecule has 0 aliphatic heterocycles. The normalized spacial score (nSPS) is 19.0. The lowest BCUT2D eigenvalue weighted by atomic mass is 9.91. The van der Waals surface area contributed by atoms with Crippen molar-refractivity contribution in [3.8, 4) is 22.3 Å². The van der Waals surface area contributed by atoms with Crippen molar-refractivity contribution in [2.45, 2.75) is 63.5 Å². The zero-order valence-electron chi connectivity index (χ0n) is 22.6. The highest BCUT2D eigenvalue weighted by Gasteiger charge is 2.50. The number of unbranched alkanes of at least 4 members (excludes halogenated alkanes) is 1. The Bertz CT molecular complexity index is 1320. The van der Waals surface area contributed by atoms with Crippen molar-refractivity contribution in [1.29, 1.82) is 0 Å². The van der Waals surface area contributed by atoms with E-state index >= 15 is 0 Å². The van der Waals surface area contributed by atoms with Crippen molar-refractivity contribution >= 4 is 21.3 Å². The van der Waals surface area contributed by atoms with Crippen LogP contribution in [-0.2, 0) is 0 Å². The van der Waals surface area contributed by atoms with E-state index in [0.29, 0.717) is 11.1 Å². The minimum atomic E-state index is -1.62. The van der Waals surface area contributed by atoms with Gasteiger partial charge in [0.15, 0.2) is 0 Å². The van der Waals surface area contributed by atoms with Crippen LogP contribution in [0.2, 0.25) is 31.7 Å². The maximum atomic E-state index is 2.68. The lowest BCUT2D eigenvalue weighted by Gasteiger charge is -2.45. The van der Waals surface area contributed by atoms with E-state index in [2.05, 4.69) is 136 Å². The summed E-state index contributed by atoms with van der Waals surface area (Å²) in [6.45, 7) is 13.0. The van der Waals surface area contributed by atoms with Crippen LogP contribution in [0.4, 0.5) is 0 Å². The third kappa shape index (κ3) is 4.35. The molecule has 0 saturated heterocycles. The van der Waals surface area contributed by atoms with E-state index < -0.39 is 15.2 Å². The fraction of sp³-hybridized carbons (Fsp3) is 0.294. The molecule has 0 aromatic heterocycles. The Hall–Kier alpha value is -2.69. The molecule has 2 aliphatic carbocycles. The van der Waals surface area contributed by atoms with Gasteiger partial charge in [0.1, 0.15) is 0 Å². The fourth-order valence-electron chi connectivity index (χ4n) is 6.18. The van der Waals surface area contributed by atoms with Crippen LogP contribution in [0.3, 0.4) is 0 Å². The molecule has 5 rings (SSSR count). The molecule has 0 spiro atoms. The van der Waals surface area contributed by atoms with Crippen LogP contribution in [0.1, 0.15) is 42.9 Å². The summed E-state index contributed by atoms with van der Waals surface area (Å²) in [6.07, 6.45) is 16.5. The number of benzene rings is 3. The molecular formula is C34H40Si2. The third-order valence-electron chi connectivity index (χ3n) is 9.23. The van der Waals surface area contributed by atoms with Gasteiger partial charge in [-0.3, -0.25) is 0 Å². The molecular weight excluding hydrogens is 465 g/mol. The van der Waals surface area contributed by atoms with Crippen LogP contribution in [0.25, 0.3) is 28.3 Å². The summed E-state index contributed by atoms with van der Waals surface area (Å²) in [6, 6.07) is 26.8. The van der Waals surface area contributed by atoms with Crippen molar-refractivity contribution in [2.75, 3.05) is 0 Å². The van der Waals surface area contributed by atoms with E-state index in [1.165, 1.54) is 47.1 Å². The summed E-state index contributed by atoms with van der Waals surface area (Å²) >= 11 is 0. The van der Waals surface area contributed by atoms with Gasteiger partial charge >= 0.3 is 0 Å². The van der Waals surface area contributed by atoms with Gasteiger partial charge in [0.2, 0.25) is 0 Å². The predicted molar refractivity (Wildman–Crippen MR) is 165 cm³/mol. The van der Waals surface area contributed by atoms with Gasteiger partial charge in [0, 0.05) is 0 Å². The van der Waals surface area contributed by atoms with Gasteiger partial charge in [-0.15, -0.1) is 0 Å². The number of rotatable bonds is 8. The minimum Gasteiger partial charge on any atom is -0.0803 e. The van der Waals surface area contributed by atoms with E-state index in [-0.39, 0.29) is 0 Å². The highest BCUT2D eigenvalue weighted by atomic mass is 29.3. The van der Waals surface area contributed by atoms with Crippen molar-refractivity contribution in [1.82, 2.24) is 0 Å². The summed E-state index contributed by atoms with van der Waals surface area (Å²) in [7, 11) is -3.17. The molecule has 2 unspecified atom stereocenters. The van der Waals surface area contributed by atoms with E-state index in [1.54, 1.807) is 11.1 Å². The zero-order valence-corrected chi connectivity index (χ0v) is 24.6. The molecule has 0 amide bonds. The monoisotopic (exact) mass is 504 g/mol. The van der Waals surface area contributed by atoms with Crippen LogP contribution in [0.15, 0.2) is 103 Å². The molecule has 2 aliphatic rings. The zero-order chi connectivity index (χ0) is 25.3. The summed E-state index contributed by atoms with van der Waals surface area (Å²) in [4.78, 5) is 0. The van der Waals surface area contributed by atoms with Crippen molar-refractivity contribution in [2.24, 2.45) is 0 Å². The largest absolute Gasteiger partial charge is 0.0803 e. The van der Waals surface area contributed by atoms with Gasteiger partial charge in [-0.05, 0) is 57.3 Å². The summed E-state index contributed by atoms with van der Waals surface area (Å²) in [5, 5.41) is 0. The van der Waals surface area contributed by atoms with Gasteiger partial charge in [-0.2, -0.15) is 0 Å². The fourth-order valence-corrected chi connectivity index (χ4v) is 16.9. The molecule has 0 fully saturated rings. The second-order valence-electron chi connectivity index (χ2n) is 11.7. The molecule has 0 heterocycles. The molecule has 2 atom stereocenters. The quantitative estimate of drug-likeness (QED) is 0.268. The van der Waals surface area contributed by atoms with E-state index in [0.717, 1.165) is 0 Å². The average Bonchev–Trinajstić information content (AvgIpc) is 3.56. The maximum Gasteiger partial charge on any atom is 0.0548 e. The average molecular weight is 505 g/mol. The summed E-state index contributed by atoms with van der Waals surface area (Å²) < 4.78 is 0. The first-order chi connectivity index (χ1) is 17.3. The summed E-state index contributed by atoms with van der Waals surface area (Å²) in [5.41, 5.74) is 11.1. The number of hydrogen-bond acceptors (Lipinski definition) is 0. The Labute approximate surface area is 220 Å².